The van der Waals surface area contributed by atoms with Gasteiger partial charge in [-0.05, 0) is 62.7 Å². The summed E-state index contributed by atoms with van der Waals surface area (Å²) in [6.45, 7) is 2.31. The van der Waals surface area contributed by atoms with Crippen LogP contribution in [-0.4, -0.2) is 0 Å². The molecule has 0 aliphatic heterocycles. The van der Waals surface area contributed by atoms with Crippen molar-refractivity contribution in [3.05, 3.63) is 64.1 Å². The number of hydrogen-bond donors (Lipinski definition) is 0. The van der Waals surface area contributed by atoms with Gasteiger partial charge in [-0.1, -0.05) is 30.3 Å². The first-order valence-electron chi connectivity index (χ1n) is 8.56. The normalized spacial score (nSPS) is 18.9. The van der Waals surface area contributed by atoms with Gasteiger partial charge in [0, 0.05) is 0 Å². The fourth-order valence-electron chi connectivity index (χ4n) is 3.94. The molecular weight excluding hydrogens is 268 g/mol. The minimum atomic E-state index is 1.11. The molecule has 0 unspecified atom stereocenters. The highest BCUT2D eigenvalue weighted by Crippen LogP contribution is 2.38. The first-order valence-corrected chi connectivity index (χ1v) is 8.56. The molecule has 1 aromatic heterocycles. The van der Waals surface area contributed by atoms with Crippen LogP contribution >= 0.6 is 0 Å². The van der Waals surface area contributed by atoms with Gasteiger partial charge in [0.25, 0.3) is 0 Å². The van der Waals surface area contributed by atoms with Crippen molar-refractivity contribution >= 4 is 11.6 Å². The number of benzene rings is 1. The van der Waals surface area contributed by atoms with Crippen LogP contribution in [0.1, 0.15) is 59.5 Å². The molecule has 0 bridgehead atoms. The molecule has 2 aliphatic rings. The largest absolute Gasteiger partial charge is 0.359 e. The van der Waals surface area contributed by atoms with E-state index in [-0.39, 0.29) is 0 Å². The highest BCUT2D eigenvalue weighted by Gasteiger charge is 2.33. The third-order valence-electron chi connectivity index (χ3n) is 5.13. The second-order valence-corrected chi connectivity index (χ2v) is 6.58. The Bertz CT molecular complexity index is 725. The summed E-state index contributed by atoms with van der Waals surface area (Å²) in [7, 11) is 0. The zero-order chi connectivity index (χ0) is 14.9. The summed E-state index contributed by atoms with van der Waals surface area (Å²) in [6.07, 6.45) is 10.8. The van der Waals surface area contributed by atoms with Crippen LogP contribution in [0.25, 0.3) is 11.6 Å². The van der Waals surface area contributed by atoms with E-state index in [1.54, 1.807) is 0 Å². The lowest BCUT2D eigenvalue weighted by Crippen LogP contribution is -2.12. The Labute approximate surface area is 132 Å². The second kappa shape index (κ2) is 5.72. The summed E-state index contributed by atoms with van der Waals surface area (Å²) in [5.74, 6) is 2.43. The minimum Gasteiger partial charge on any atom is -0.212 e. The molecule has 2 aliphatic carbocycles. The molecule has 1 aromatic carbocycles. The van der Waals surface area contributed by atoms with Gasteiger partial charge in [-0.15, -0.1) is 0 Å². The van der Waals surface area contributed by atoms with Gasteiger partial charge < -0.3 is 0 Å². The van der Waals surface area contributed by atoms with Crippen LogP contribution < -0.4 is 0 Å². The first-order chi connectivity index (χ1) is 10.8. The van der Waals surface area contributed by atoms with Crippen LogP contribution in [0.5, 0.6) is 0 Å². The van der Waals surface area contributed by atoms with Crippen molar-refractivity contribution in [1.82, 2.24) is 0 Å². The van der Waals surface area contributed by atoms with Gasteiger partial charge >= 0.3 is 11.5 Å². The smallest absolute Gasteiger partial charge is 0.212 e. The van der Waals surface area contributed by atoms with Crippen molar-refractivity contribution in [1.29, 1.82) is 0 Å². The Morgan fingerprint density at radius 1 is 0.864 bits per heavy atom. The Kier molecular flexibility index (Phi) is 3.57. The summed E-state index contributed by atoms with van der Waals surface area (Å²) >= 11 is 0. The van der Waals surface area contributed by atoms with Crippen molar-refractivity contribution in [2.45, 2.75) is 51.9 Å². The summed E-state index contributed by atoms with van der Waals surface area (Å²) in [4.78, 5) is 0. The number of aryl methyl sites for hydroxylation is 1. The molecule has 0 spiro atoms. The number of hydrogen-bond acceptors (Lipinski definition) is 0. The standard InChI is InChI=1S/C21H23O/c1-15-18-11-5-6-13-20(18)22-21-17(10-7-12-19(15)21)14-16-8-3-2-4-9-16/h2-4,8-9,14H,5-7,10-13H2,1H3/q+1/b17-14+. The van der Waals surface area contributed by atoms with E-state index in [0.29, 0.717) is 0 Å². The summed E-state index contributed by atoms with van der Waals surface area (Å²) in [5, 5.41) is 0. The lowest BCUT2D eigenvalue weighted by molar-refractivity contribution is 0.431. The Morgan fingerprint density at radius 2 is 1.64 bits per heavy atom. The van der Waals surface area contributed by atoms with Gasteiger partial charge in [-0.3, -0.25) is 0 Å². The maximum Gasteiger partial charge on any atom is 0.359 e. The van der Waals surface area contributed by atoms with Gasteiger partial charge in [-0.25, -0.2) is 4.42 Å². The molecule has 0 amide bonds. The van der Waals surface area contributed by atoms with E-state index in [0.717, 1.165) is 12.8 Å². The molecule has 0 fully saturated rings. The van der Waals surface area contributed by atoms with E-state index in [9.17, 15) is 0 Å². The van der Waals surface area contributed by atoms with Crippen LogP contribution in [0.2, 0.25) is 0 Å². The maximum absolute atomic E-state index is 6.42. The molecule has 0 N–H and O–H groups in total. The average Bonchev–Trinajstić information content (AvgIpc) is 2.57. The summed E-state index contributed by atoms with van der Waals surface area (Å²) in [5.41, 5.74) is 7.13. The SMILES string of the molecule is Cc1c2c([o+]c3c1CCC/C3=C\c1ccccc1)CCCC2. The fourth-order valence-corrected chi connectivity index (χ4v) is 3.94. The monoisotopic (exact) mass is 291 g/mol. The van der Waals surface area contributed by atoms with E-state index >= 15 is 0 Å². The minimum absolute atomic E-state index is 1.11. The topological polar surface area (TPSA) is 11.3 Å². The zero-order valence-electron chi connectivity index (χ0n) is 13.3. The van der Waals surface area contributed by atoms with E-state index < -0.39 is 0 Å². The fraction of sp³-hybridized carbons (Fsp3) is 0.381. The third-order valence-corrected chi connectivity index (χ3v) is 5.13. The highest BCUT2D eigenvalue weighted by atomic mass is 16.3. The van der Waals surface area contributed by atoms with Crippen LogP contribution in [0.15, 0.2) is 34.7 Å². The van der Waals surface area contributed by atoms with E-state index in [2.05, 4.69) is 43.3 Å². The molecule has 112 valence electrons. The van der Waals surface area contributed by atoms with E-state index in [1.165, 1.54) is 71.5 Å². The van der Waals surface area contributed by atoms with Crippen LogP contribution in [0.3, 0.4) is 0 Å². The van der Waals surface area contributed by atoms with Gasteiger partial charge in [0.15, 0.2) is 0 Å². The van der Waals surface area contributed by atoms with Crippen molar-refractivity contribution in [2.24, 2.45) is 0 Å². The molecule has 22 heavy (non-hydrogen) atoms. The van der Waals surface area contributed by atoms with Crippen LogP contribution in [-0.2, 0) is 19.3 Å². The zero-order valence-corrected chi connectivity index (χ0v) is 13.3. The third kappa shape index (κ3) is 2.39. The molecule has 4 rings (SSSR count). The average molecular weight is 291 g/mol. The van der Waals surface area contributed by atoms with Crippen molar-refractivity contribution in [2.75, 3.05) is 0 Å². The van der Waals surface area contributed by atoms with Crippen LogP contribution in [0.4, 0.5) is 0 Å². The molecule has 0 saturated carbocycles. The lowest BCUT2D eigenvalue weighted by atomic mass is 9.84. The van der Waals surface area contributed by atoms with Crippen LogP contribution in [0, 0.1) is 6.92 Å². The van der Waals surface area contributed by atoms with E-state index in [1.807, 2.05) is 0 Å². The summed E-state index contributed by atoms with van der Waals surface area (Å²) in [6, 6.07) is 10.6. The number of rotatable bonds is 1. The molecular formula is C21H23O+. The Balaban J connectivity index is 1.84. The summed E-state index contributed by atoms with van der Waals surface area (Å²) < 4.78 is 6.42. The predicted octanol–water partition coefficient (Wildman–Crippen LogP) is 5.62. The highest BCUT2D eigenvalue weighted by molar-refractivity contribution is 5.81. The second-order valence-electron chi connectivity index (χ2n) is 6.58. The molecule has 2 aromatic rings. The molecule has 0 atom stereocenters. The van der Waals surface area contributed by atoms with Gasteiger partial charge in [0.05, 0.1) is 23.1 Å². The molecule has 1 nitrogen and oxygen atoms in total. The van der Waals surface area contributed by atoms with Gasteiger partial charge in [0.2, 0.25) is 0 Å². The Morgan fingerprint density at radius 3 is 2.50 bits per heavy atom. The Hall–Kier alpha value is -1.89. The van der Waals surface area contributed by atoms with E-state index in [4.69, 9.17) is 4.42 Å². The quantitative estimate of drug-likeness (QED) is 0.620. The van der Waals surface area contributed by atoms with Gasteiger partial charge in [-0.2, -0.15) is 0 Å². The number of fused-ring (bicyclic) bond motifs is 2. The molecule has 1 heterocycles. The molecule has 1 heteroatoms. The lowest BCUT2D eigenvalue weighted by Gasteiger charge is -2.18. The van der Waals surface area contributed by atoms with Crippen molar-refractivity contribution in [3.8, 4) is 0 Å². The van der Waals surface area contributed by atoms with Gasteiger partial charge in [0.1, 0.15) is 0 Å². The first kappa shape index (κ1) is 13.8. The predicted molar refractivity (Wildman–Crippen MR) is 91.7 cm³/mol. The maximum atomic E-state index is 6.42. The molecule has 0 saturated heterocycles. The number of allylic oxidation sites excluding steroid dienone is 1. The van der Waals surface area contributed by atoms with Crippen molar-refractivity contribution in [3.63, 3.8) is 0 Å². The van der Waals surface area contributed by atoms with Crippen molar-refractivity contribution < 1.29 is 4.42 Å². The molecule has 0 radical (unpaired) electrons.